The van der Waals surface area contributed by atoms with Crippen molar-refractivity contribution in [2.45, 2.75) is 38.8 Å². The molecule has 6 heteroatoms. The van der Waals surface area contributed by atoms with Crippen LogP contribution >= 0.6 is 0 Å². The molecule has 0 heterocycles. The van der Waals surface area contributed by atoms with Crippen LogP contribution in [0.15, 0.2) is 12.7 Å². The summed E-state index contributed by atoms with van der Waals surface area (Å²) < 4.78 is 14.9. The van der Waals surface area contributed by atoms with Crippen molar-refractivity contribution in [3.05, 3.63) is 12.7 Å². The lowest BCUT2D eigenvalue weighted by Crippen LogP contribution is -2.44. The number of rotatable bonds is 7. The second-order valence-electron chi connectivity index (χ2n) is 4.87. The molecule has 0 aliphatic carbocycles. The van der Waals surface area contributed by atoms with Crippen LogP contribution in [0.3, 0.4) is 0 Å². The van der Waals surface area contributed by atoms with Gasteiger partial charge in [0.05, 0.1) is 13.7 Å². The molecule has 0 radical (unpaired) electrons. The first-order valence-electron chi connectivity index (χ1n) is 6.06. The number of nitrogens with one attached hydrogen (secondary N) is 1. The summed E-state index contributed by atoms with van der Waals surface area (Å²) in [5, 5.41) is 2.46. The summed E-state index contributed by atoms with van der Waals surface area (Å²) in [7, 11) is 1.26. The molecule has 6 nitrogen and oxygen atoms in total. The van der Waals surface area contributed by atoms with Crippen molar-refractivity contribution in [3.63, 3.8) is 0 Å². The third-order valence-electron chi connectivity index (χ3n) is 1.96. The van der Waals surface area contributed by atoms with E-state index in [-0.39, 0.29) is 0 Å². The van der Waals surface area contributed by atoms with Crippen LogP contribution in [0.4, 0.5) is 4.79 Å². The van der Waals surface area contributed by atoms with E-state index in [4.69, 9.17) is 9.47 Å². The van der Waals surface area contributed by atoms with Crippen molar-refractivity contribution < 1.29 is 23.8 Å². The van der Waals surface area contributed by atoms with Crippen LogP contribution in [-0.2, 0) is 19.0 Å². The predicted molar refractivity (Wildman–Crippen MR) is 70.8 cm³/mol. The molecule has 1 N–H and O–H groups in total. The van der Waals surface area contributed by atoms with E-state index in [1.807, 2.05) is 0 Å². The molecule has 0 rings (SSSR count). The van der Waals surface area contributed by atoms with Crippen LogP contribution in [-0.4, -0.2) is 44.0 Å². The quantitative estimate of drug-likeness (QED) is 0.433. The van der Waals surface area contributed by atoms with Crippen LogP contribution in [0.25, 0.3) is 0 Å². The van der Waals surface area contributed by atoms with Crippen LogP contribution in [0.5, 0.6) is 0 Å². The minimum absolute atomic E-state index is 0.305. The molecular weight excluding hydrogens is 250 g/mol. The predicted octanol–water partition coefficient (Wildman–Crippen LogP) is 1.65. The summed E-state index contributed by atoms with van der Waals surface area (Å²) in [5.74, 6) is -0.534. The first kappa shape index (κ1) is 17.4. The summed E-state index contributed by atoms with van der Waals surface area (Å²) in [5.41, 5.74) is -0.621. The highest BCUT2D eigenvalue weighted by atomic mass is 16.6. The second-order valence-corrected chi connectivity index (χ2v) is 4.87. The standard InChI is InChI=1S/C13H23NO5/c1-6-8-18-9-7-10(11(15)17-5)14-12(16)19-13(2,3)4/h6,10H,1,7-9H2,2-5H3,(H,14,16). The van der Waals surface area contributed by atoms with Crippen molar-refractivity contribution in [2.24, 2.45) is 0 Å². The molecule has 0 aliphatic heterocycles. The van der Waals surface area contributed by atoms with Gasteiger partial charge in [0.25, 0.3) is 0 Å². The van der Waals surface area contributed by atoms with E-state index in [9.17, 15) is 9.59 Å². The van der Waals surface area contributed by atoms with Crippen molar-refractivity contribution >= 4 is 12.1 Å². The van der Waals surface area contributed by atoms with Gasteiger partial charge in [-0.2, -0.15) is 0 Å². The molecule has 0 fully saturated rings. The number of amides is 1. The van der Waals surface area contributed by atoms with E-state index in [0.717, 1.165) is 0 Å². The molecule has 1 amide bonds. The normalized spacial score (nSPS) is 12.4. The van der Waals surface area contributed by atoms with E-state index in [1.54, 1.807) is 26.8 Å². The number of methoxy groups -OCH3 is 1. The monoisotopic (exact) mass is 273 g/mol. The molecule has 0 saturated carbocycles. The number of hydrogen-bond donors (Lipinski definition) is 1. The van der Waals surface area contributed by atoms with Crippen molar-refractivity contribution in [2.75, 3.05) is 20.3 Å². The fourth-order valence-corrected chi connectivity index (χ4v) is 1.21. The maximum Gasteiger partial charge on any atom is 0.408 e. The van der Waals surface area contributed by atoms with Gasteiger partial charge in [0.2, 0.25) is 0 Å². The molecular formula is C13H23NO5. The molecule has 1 unspecified atom stereocenters. The maximum absolute atomic E-state index is 11.6. The first-order valence-corrected chi connectivity index (χ1v) is 6.06. The molecule has 0 bridgehead atoms. The molecule has 19 heavy (non-hydrogen) atoms. The minimum atomic E-state index is -0.787. The van der Waals surface area contributed by atoms with E-state index in [1.165, 1.54) is 7.11 Å². The molecule has 1 atom stereocenters. The molecule has 0 spiro atoms. The molecule has 0 aromatic heterocycles. The van der Waals surface area contributed by atoms with Gasteiger partial charge in [0.1, 0.15) is 11.6 Å². The number of carbonyl (C=O) groups is 2. The SMILES string of the molecule is C=CCOCCC(NC(=O)OC(C)(C)C)C(=O)OC. The Morgan fingerprint density at radius 2 is 2.00 bits per heavy atom. The van der Waals surface area contributed by atoms with Gasteiger partial charge in [-0.05, 0) is 20.8 Å². The summed E-state index contributed by atoms with van der Waals surface area (Å²) in [6, 6.07) is -0.787. The Labute approximate surface area is 114 Å². The Hall–Kier alpha value is -1.56. The summed E-state index contributed by atoms with van der Waals surface area (Å²) in [6.45, 7) is 9.44. The fraction of sp³-hybridized carbons (Fsp3) is 0.692. The van der Waals surface area contributed by atoms with Crippen molar-refractivity contribution in [3.8, 4) is 0 Å². The number of alkyl carbamates (subject to hydrolysis) is 1. The Kier molecular flexibility index (Phi) is 7.83. The minimum Gasteiger partial charge on any atom is -0.467 e. The highest BCUT2D eigenvalue weighted by Gasteiger charge is 2.24. The highest BCUT2D eigenvalue weighted by molar-refractivity contribution is 5.81. The molecule has 110 valence electrons. The molecule has 0 saturated heterocycles. The first-order chi connectivity index (χ1) is 8.80. The smallest absolute Gasteiger partial charge is 0.408 e. The number of esters is 1. The van der Waals surface area contributed by atoms with Crippen molar-refractivity contribution in [1.82, 2.24) is 5.32 Å². The van der Waals surface area contributed by atoms with E-state index >= 15 is 0 Å². The molecule has 0 aromatic carbocycles. The lowest BCUT2D eigenvalue weighted by molar-refractivity contribution is -0.143. The third kappa shape index (κ3) is 9.07. The van der Waals surface area contributed by atoms with E-state index in [2.05, 4.69) is 16.6 Å². The maximum atomic E-state index is 11.6. The van der Waals surface area contributed by atoms with E-state index in [0.29, 0.717) is 19.6 Å². The molecule has 0 aliphatic rings. The van der Waals surface area contributed by atoms with Gasteiger partial charge in [0, 0.05) is 13.0 Å². The number of carbonyl (C=O) groups excluding carboxylic acids is 2. The Morgan fingerprint density at radius 1 is 1.37 bits per heavy atom. The number of hydrogen-bond acceptors (Lipinski definition) is 5. The average molecular weight is 273 g/mol. The van der Waals surface area contributed by atoms with Gasteiger partial charge in [-0.15, -0.1) is 6.58 Å². The third-order valence-corrected chi connectivity index (χ3v) is 1.96. The zero-order valence-electron chi connectivity index (χ0n) is 12.0. The highest BCUT2D eigenvalue weighted by Crippen LogP contribution is 2.07. The summed E-state index contributed by atoms with van der Waals surface area (Å²) >= 11 is 0. The lowest BCUT2D eigenvalue weighted by Gasteiger charge is -2.22. The summed E-state index contributed by atoms with van der Waals surface area (Å²) in [6.07, 6.45) is 1.25. The van der Waals surface area contributed by atoms with Crippen LogP contribution in [0.2, 0.25) is 0 Å². The van der Waals surface area contributed by atoms with Gasteiger partial charge in [-0.3, -0.25) is 0 Å². The molecule has 0 aromatic rings. The van der Waals surface area contributed by atoms with Crippen LogP contribution in [0.1, 0.15) is 27.2 Å². The van der Waals surface area contributed by atoms with Gasteiger partial charge < -0.3 is 19.5 Å². The topological polar surface area (TPSA) is 73.9 Å². The lowest BCUT2D eigenvalue weighted by atomic mass is 10.2. The zero-order chi connectivity index (χ0) is 14.9. The van der Waals surface area contributed by atoms with E-state index < -0.39 is 23.7 Å². The Morgan fingerprint density at radius 3 is 2.47 bits per heavy atom. The fourth-order valence-electron chi connectivity index (χ4n) is 1.21. The largest absolute Gasteiger partial charge is 0.467 e. The second kappa shape index (κ2) is 8.53. The van der Waals surface area contributed by atoms with Crippen LogP contribution in [0, 0.1) is 0 Å². The zero-order valence-corrected chi connectivity index (χ0v) is 12.0. The van der Waals surface area contributed by atoms with Gasteiger partial charge in [-0.25, -0.2) is 9.59 Å². The van der Waals surface area contributed by atoms with Gasteiger partial charge in [-0.1, -0.05) is 6.08 Å². The Bertz CT molecular complexity index is 309. The Balaban J connectivity index is 4.30. The number of ether oxygens (including phenoxy) is 3. The average Bonchev–Trinajstić information content (AvgIpc) is 2.29. The van der Waals surface area contributed by atoms with Crippen LogP contribution < -0.4 is 5.32 Å². The van der Waals surface area contributed by atoms with Crippen molar-refractivity contribution in [1.29, 1.82) is 0 Å². The van der Waals surface area contributed by atoms with Gasteiger partial charge in [0.15, 0.2) is 0 Å². The summed E-state index contributed by atoms with van der Waals surface area (Å²) in [4.78, 5) is 23.1. The van der Waals surface area contributed by atoms with Gasteiger partial charge >= 0.3 is 12.1 Å².